The molecule has 0 aromatic heterocycles. The molecule has 0 bridgehead atoms. The highest BCUT2D eigenvalue weighted by Gasteiger charge is 2.26. The van der Waals surface area contributed by atoms with Crippen molar-refractivity contribution < 1.29 is 4.79 Å². The Balaban J connectivity index is 1.99. The monoisotopic (exact) mass is 295 g/mol. The fourth-order valence-electron chi connectivity index (χ4n) is 2.22. The van der Waals surface area contributed by atoms with E-state index in [0.29, 0.717) is 4.83 Å². The van der Waals surface area contributed by atoms with Gasteiger partial charge in [0, 0.05) is 16.4 Å². The van der Waals surface area contributed by atoms with Gasteiger partial charge in [-0.05, 0) is 37.0 Å². The van der Waals surface area contributed by atoms with Crippen LogP contribution in [0.2, 0.25) is 0 Å². The smallest absolute Gasteiger partial charge is 0.251 e. The summed E-state index contributed by atoms with van der Waals surface area (Å²) in [5.41, 5.74) is 2.02. The molecule has 0 saturated heterocycles. The Morgan fingerprint density at radius 3 is 2.59 bits per heavy atom. The number of benzene rings is 1. The lowest BCUT2D eigenvalue weighted by Gasteiger charge is -2.16. The van der Waals surface area contributed by atoms with Crippen molar-refractivity contribution in [1.82, 2.24) is 5.32 Å². The molecule has 1 saturated carbocycles. The van der Waals surface area contributed by atoms with Gasteiger partial charge >= 0.3 is 0 Å². The van der Waals surface area contributed by atoms with E-state index in [-0.39, 0.29) is 11.9 Å². The quantitative estimate of drug-likeness (QED) is 0.852. The molecule has 1 aliphatic rings. The highest BCUT2D eigenvalue weighted by molar-refractivity contribution is 9.09. The van der Waals surface area contributed by atoms with E-state index in [9.17, 15) is 4.79 Å². The molecular weight excluding hydrogens is 278 g/mol. The number of hydrogen-bond acceptors (Lipinski definition) is 1. The molecule has 2 nitrogen and oxygen atoms in total. The number of hydrogen-bond donors (Lipinski definition) is 1. The maximum absolute atomic E-state index is 12.0. The highest BCUT2D eigenvalue weighted by atomic mass is 79.9. The van der Waals surface area contributed by atoms with Gasteiger partial charge < -0.3 is 5.32 Å². The van der Waals surface area contributed by atoms with Gasteiger partial charge in [0.25, 0.3) is 5.91 Å². The molecule has 0 spiro atoms. The van der Waals surface area contributed by atoms with Crippen LogP contribution < -0.4 is 5.32 Å². The van der Waals surface area contributed by atoms with Gasteiger partial charge in [0.15, 0.2) is 0 Å². The Morgan fingerprint density at radius 1 is 1.35 bits per heavy atom. The summed E-state index contributed by atoms with van der Waals surface area (Å²) in [5, 5.41) is 3.10. The Morgan fingerprint density at radius 2 is 2.06 bits per heavy atom. The molecule has 1 aromatic rings. The first kappa shape index (κ1) is 12.6. The summed E-state index contributed by atoms with van der Waals surface area (Å²) in [6.45, 7) is 2.11. The summed E-state index contributed by atoms with van der Waals surface area (Å²) < 4.78 is 0. The van der Waals surface area contributed by atoms with Crippen molar-refractivity contribution >= 4 is 21.8 Å². The lowest BCUT2D eigenvalue weighted by Crippen LogP contribution is -2.37. The predicted molar refractivity (Wildman–Crippen MR) is 73.6 cm³/mol. The average Bonchev–Trinajstić information content (AvgIpc) is 2.75. The molecular formula is C14H18BrNO. The first-order chi connectivity index (χ1) is 8.20. The molecule has 0 heterocycles. The minimum atomic E-state index is 0.0454. The first-order valence-corrected chi connectivity index (χ1v) is 7.16. The zero-order valence-electron chi connectivity index (χ0n) is 10.1. The molecule has 1 N–H and O–H groups in total. The van der Waals surface area contributed by atoms with Crippen molar-refractivity contribution in [3.63, 3.8) is 0 Å². The van der Waals surface area contributed by atoms with E-state index in [1.165, 1.54) is 12.0 Å². The molecule has 3 heteroatoms. The van der Waals surface area contributed by atoms with Gasteiger partial charge in [0.05, 0.1) is 0 Å². The maximum Gasteiger partial charge on any atom is 0.251 e. The number of amides is 1. The minimum absolute atomic E-state index is 0.0454. The van der Waals surface area contributed by atoms with Crippen molar-refractivity contribution in [2.75, 3.05) is 0 Å². The molecule has 1 fully saturated rings. The first-order valence-electron chi connectivity index (χ1n) is 6.24. The number of alkyl halides is 1. The van der Waals surface area contributed by atoms with E-state index in [0.717, 1.165) is 24.8 Å². The van der Waals surface area contributed by atoms with E-state index in [2.05, 4.69) is 28.2 Å². The van der Waals surface area contributed by atoms with Gasteiger partial charge in [-0.2, -0.15) is 0 Å². The SMILES string of the molecule is CCc1ccc(C(=O)NC2CCCC2Br)cc1. The van der Waals surface area contributed by atoms with Crippen molar-refractivity contribution in [3.8, 4) is 0 Å². The minimum Gasteiger partial charge on any atom is -0.348 e. The van der Waals surface area contributed by atoms with Crippen molar-refractivity contribution in [3.05, 3.63) is 35.4 Å². The van der Waals surface area contributed by atoms with Crippen LogP contribution >= 0.6 is 15.9 Å². The summed E-state index contributed by atoms with van der Waals surface area (Å²) in [4.78, 5) is 12.4. The van der Waals surface area contributed by atoms with Crippen LogP contribution in [0.4, 0.5) is 0 Å². The van der Waals surface area contributed by atoms with Crippen LogP contribution in [0, 0.1) is 0 Å². The summed E-state index contributed by atoms with van der Waals surface area (Å²) in [5.74, 6) is 0.0454. The Hall–Kier alpha value is -0.830. The zero-order chi connectivity index (χ0) is 12.3. The van der Waals surface area contributed by atoms with Crippen LogP contribution in [0.15, 0.2) is 24.3 Å². The van der Waals surface area contributed by atoms with E-state index >= 15 is 0 Å². The molecule has 17 heavy (non-hydrogen) atoms. The van der Waals surface area contributed by atoms with Crippen molar-refractivity contribution in [2.45, 2.75) is 43.5 Å². The second-order valence-electron chi connectivity index (χ2n) is 4.58. The van der Waals surface area contributed by atoms with Crippen LogP contribution in [0.1, 0.15) is 42.1 Å². The van der Waals surface area contributed by atoms with Crippen LogP contribution in [0.3, 0.4) is 0 Å². The normalized spacial score (nSPS) is 23.6. The molecule has 0 radical (unpaired) electrons. The van der Waals surface area contributed by atoms with E-state index in [4.69, 9.17) is 0 Å². The second kappa shape index (κ2) is 5.67. The summed E-state index contributed by atoms with van der Waals surface area (Å²) in [7, 11) is 0. The molecule has 1 aliphatic carbocycles. The number of nitrogens with one attached hydrogen (secondary N) is 1. The van der Waals surface area contributed by atoms with Crippen molar-refractivity contribution in [1.29, 1.82) is 0 Å². The number of rotatable bonds is 3. The predicted octanol–water partition coefficient (Wildman–Crippen LogP) is 3.29. The van der Waals surface area contributed by atoms with Crippen LogP contribution in [0.25, 0.3) is 0 Å². The fraction of sp³-hybridized carbons (Fsp3) is 0.500. The number of aryl methyl sites for hydroxylation is 1. The van der Waals surface area contributed by atoms with Crippen LogP contribution in [0.5, 0.6) is 0 Å². The standard InChI is InChI=1S/C14H18BrNO/c1-2-10-6-8-11(9-7-10)14(17)16-13-5-3-4-12(13)15/h6-9,12-13H,2-5H2,1H3,(H,16,17). The maximum atomic E-state index is 12.0. The Bertz CT molecular complexity index is 388. The van der Waals surface area contributed by atoms with Crippen molar-refractivity contribution in [2.24, 2.45) is 0 Å². The molecule has 92 valence electrons. The lowest BCUT2D eigenvalue weighted by molar-refractivity contribution is 0.0939. The Labute approximate surface area is 111 Å². The molecule has 2 unspecified atom stereocenters. The third-order valence-corrected chi connectivity index (χ3v) is 4.47. The van der Waals surface area contributed by atoms with E-state index in [1.54, 1.807) is 0 Å². The Kier molecular flexibility index (Phi) is 4.21. The van der Waals surface area contributed by atoms with E-state index < -0.39 is 0 Å². The lowest BCUT2D eigenvalue weighted by atomic mass is 10.1. The van der Waals surface area contributed by atoms with E-state index in [1.807, 2.05) is 24.3 Å². The van der Waals surface area contributed by atoms with Gasteiger partial charge in [-0.3, -0.25) is 4.79 Å². The third kappa shape index (κ3) is 3.09. The van der Waals surface area contributed by atoms with Gasteiger partial charge in [0.2, 0.25) is 0 Å². The van der Waals surface area contributed by atoms with Gasteiger partial charge in [-0.15, -0.1) is 0 Å². The molecule has 2 rings (SSSR count). The number of halogens is 1. The molecule has 1 aromatic carbocycles. The summed E-state index contributed by atoms with van der Waals surface area (Å²) >= 11 is 3.61. The van der Waals surface area contributed by atoms with Crippen LogP contribution in [-0.4, -0.2) is 16.8 Å². The van der Waals surface area contributed by atoms with Crippen LogP contribution in [-0.2, 0) is 6.42 Å². The average molecular weight is 296 g/mol. The fourth-order valence-corrected chi connectivity index (χ4v) is 2.94. The zero-order valence-corrected chi connectivity index (χ0v) is 11.7. The number of carbonyl (C=O) groups is 1. The third-order valence-electron chi connectivity index (χ3n) is 3.37. The van der Waals surface area contributed by atoms with Gasteiger partial charge in [-0.25, -0.2) is 0 Å². The van der Waals surface area contributed by atoms with Gasteiger partial charge in [0.1, 0.15) is 0 Å². The summed E-state index contributed by atoms with van der Waals surface area (Å²) in [6, 6.07) is 8.15. The van der Waals surface area contributed by atoms with Gasteiger partial charge in [-0.1, -0.05) is 41.4 Å². The largest absolute Gasteiger partial charge is 0.348 e. The number of carbonyl (C=O) groups excluding carboxylic acids is 1. The topological polar surface area (TPSA) is 29.1 Å². The highest BCUT2D eigenvalue weighted by Crippen LogP contribution is 2.25. The second-order valence-corrected chi connectivity index (χ2v) is 5.75. The summed E-state index contributed by atoms with van der Waals surface area (Å²) in [6.07, 6.45) is 4.43. The molecule has 0 aliphatic heterocycles. The molecule has 1 amide bonds. The molecule has 2 atom stereocenters.